The maximum Gasteiger partial charge on any atom is 0.107 e. The number of thiazole rings is 1. The number of nitrogens with zero attached hydrogens (tertiary/aromatic N) is 1. The number of nitrogens with two attached hydrogens (primary N) is 1. The molecule has 108 valence electrons. The third-order valence-corrected chi connectivity index (χ3v) is 4.63. The Hall–Kier alpha value is -1.23. The van der Waals surface area contributed by atoms with Crippen LogP contribution in [-0.4, -0.2) is 11.5 Å². The predicted octanol–water partition coefficient (Wildman–Crippen LogP) is 3.13. The molecule has 0 radical (unpaired) electrons. The first kappa shape index (κ1) is 15.2. The Labute approximate surface area is 125 Å². The maximum absolute atomic E-state index is 6.29. The normalized spacial score (nSPS) is 14.2. The summed E-state index contributed by atoms with van der Waals surface area (Å²) in [5.74, 6) is 0.392. The van der Waals surface area contributed by atoms with Crippen molar-refractivity contribution in [3.63, 3.8) is 0 Å². The summed E-state index contributed by atoms with van der Waals surface area (Å²) in [5.41, 5.74) is 7.49. The van der Waals surface area contributed by atoms with Crippen LogP contribution in [0.3, 0.4) is 0 Å². The minimum atomic E-state index is 0.0752. The van der Waals surface area contributed by atoms with Crippen LogP contribution in [0.2, 0.25) is 0 Å². The molecule has 1 aromatic heterocycles. The van der Waals surface area contributed by atoms with Crippen molar-refractivity contribution in [1.82, 2.24) is 10.3 Å². The van der Waals surface area contributed by atoms with Gasteiger partial charge in [0.15, 0.2) is 0 Å². The Morgan fingerprint density at radius 1 is 1.30 bits per heavy atom. The zero-order valence-corrected chi connectivity index (χ0v) is 13.0. The second-order valence-electron chi connectivity index (χ2n) is 5.12. The number of nitrogens with one attached hydrogen (secondary N) is 1. The van der Waals surface area contributed by atoms with E-state index in [4.69, 9.17) is 5.73 Å². The summed E-state index contributed by atoms with van der Waals surface area (Å²) in [7, 11) is 0. The Morgan fingerprint density at radius 3 is 2.70 bits per heavy atom. The topological polar surface area (TPSA) is 50.9 Å². The molecule has 2 unspecified atom stereocenters. The van der Waals surface area contributed by atoms with Gasteiger partial charge in [0.25, 0.3) is 0 Å². The van der Waals surface area contributed by atoms with Crippen LogP contribution in [0.5, 0.6) is 0 Å². The summed E-state index contributed by atoms with van der Waals surface area (Å²) in [6.45, 7) is 6.07. The molecule has 20 heavy (non-hydrogen) atoms. The van der Waals surface area contributed by atoms with Crippen molar-refractivity contribution < 1.29 is 0 Å². The van der Waals surface area contributed by atoms with Crippen molar-refractivity contribution in [3.05, 3.63) is 52.0 Å². The van der Waals surface area contributed by atoms with E-state index in [0.717, 1.165) is 24.5 Å². The Balaban J connectivity index is 1.78. The van der Waals surface area contributed by atoms with E-state index in [1.54, 1.807) is 11.3 Å². The quantitative estimate of drug-likeness (QED) is 0.823. The van der Waals surface area contributed by atoms with E-state index in [1.165, 1.54) is 10.4 Å². The zero-order valence-electron chi connectivity index (χ0n) is 12.2. The molecule has 0 aliphatic heterocycles. The van der Waals surface area contributed by atoms with Gasteiger partial charge in [-0.25, -0.2) is 4.98 Å². The third kappa shape index (κ3) is 4.13. The first-order valence-electron chi connectivity index (χ1n) is 7.15. The summed E-state index contributed by atoms with van der Waals surface area (Å²) >= 11 is 1.78. The number of hydrogen-bond donors (Lipinski definition) is 2. The fraction of sp³-hybridized carbons (Fsp3) is 0.438. The molecule has 0 aliphatic carbocycles. The number of aryl methyl sites for hydroxylation is 1. The van der Waals surface area contributed by atoms with Crippen LogP contribution < -0.4 is 11.1 Å². The van der Waals surface area contributed by atoms with Gasteiger partial charge < -0.3 is 11.1 Å². The van der Waals surface area contributed by atoms with E-state index < -0.39 is 0 Å². The van der Waals surface area contributed by atoms with Crippen molar-refractivity contribution in [2.75, 3.05) is 6.54 Å². The monoisotopic (exact) mass is 289 g/mol. The minimum Gasteiger partial charge on any atom is -0.324 e. The molecule has 3 N–H and O–H groups in total. The van der Waals surface area contributed by atoms with E-state index in [2.05, 4.69) is 36.3 Å². The van der Waals surface area contributed by atoms with Gasteiger partial charge in [-0.2, -0.15) is 0 Å². The van der Waals surface area contributed by atoms with Gasteiger partial charge in [0, 0.05) is 23.7 Å². The van der Waals surface area contributed by atoms with E-state index in [9.17, 15) is 0 Å². The molecular formula is C16H23N3S. The molecule has 4 heteroatoms. The minimum absolute atomic E-state index is 0.0752. The Bertz CT molecular complexity index is 509. The first-order valence-corrected chi connectivity index (χ1v) is 7.97. The van der Waals surface area contributed by atoms with Gasteiger partial charge in [0.05, 0.1) is 0 Å². The highest BCUT2D eigenvalue weighted by Gasteiger charge is 2.14. The molecule has 0 saturated carbocycles. The molecule has 1 aromatic carbocycles. The number of aromatic nitrogens is 1. The molecule has 0 spiro atoms. The lowest BCUT2D eigenvalue weighted by Gasteiger charge is -2.20. The second kappa shape index (κ2) is 7.53. The Kier molecular flexibility index (Phi) is 5.71. The van der Waals surface area contributed by atoms with E-state index in [1.807, 2.05) is 24.4 Å². The van der Waals surface area contributed by atoms with Crippen LogP contribution in [0.15, 0.2) is 36.5 Å². The Morgan fingerprint density at radius 2 is 2.05 bits per heavy atom. The molecule has 2 aromatic rings. The van der Waals surface area contributed by atoms with Gasteiger partial charge in [-0.3, -0.25) is 0 Å². The smallest absolute Gasteiger partial charge is 0.107 e. The van der Waals surface area contributed by atoms with Crippen molar-refractivity contribution >= 4 is 11.3 Å². The van der Waals surface area contributed by atoms with Gasteiger partial charge in [-0.15, -0.1) is 11.3 Å². The van der Waals surface area contributed by atoms with E-state index in [0.29, 0.717) is 5.92 Å². The lowest BCUT2D eigenvalue weighted by atomic mass is 9.95. The van der Waals surface area contributed by atoms with Gasteiger partial charge >= 0.3 is 0 Å². The molecule has 2 atom stereocenters. The van der Waals surface area contributed by atoms with Gasteiger partial charge in [0.2, 0.25) is 0 Å². The van der Waals surface area contributed by atoms with Crippen LogP contribution in [-0.2, 0) is 13.0 Å². The lowest BCUT2D eigenvalue weighted by Crippen LogP contribution is -2.29. The van der Waals surface area contributed by atoms with Crippen LogP contribution in [0, 0.1) is 5.92 Å². The summed E-state index contributed by atoms with van der Waals surface area (Å²) < 4.78 is 0. The first-order chi connectivity index (χ1) is 9.70. The summed E-state index contributed by atoms with van der Waals surface area (Å²) in [6, 6.07) is 10.4. The summed E-state index contributed by atoms with van der Waals surface area (Å²) in [6.07, 6.45) is 3.04. The molecule has 2 rings (SSSR count). The van der Waals surface area contributed by atoms with Crippen LogP contribution >= 0.6 is 11.3 Å². The highest BCUT2D eigenvalue weighted by molar-refractivity contribution is 7.11. The van der Waals surface area contributed by atoms with Gasteiger partial charge in [0.1, 0.15) is 5.01 Å². The molecule has 1 heterocycles. The average molecular weight is 289 g/mol. The largest absolute Gasteiger partial charge is 0.324 e. The number of rotatable bonds is 7. The van der Waals surface area contributed by atoms with Crippen LogP contribution in [0.25, 0.3) is 0 Å². The zero-order chi connectivity index (χ0) is 14.4. The van der Waals surface area contributed by atoms with Crippen molar-refractivity contribution in [2.45, 2.75) is 32.9 Å². The highest BCUT2D eigenvalue weighted by atomic mass is 32.1. The molecular weight excluding hydrogens is 266 g/mol. The summed E-state index contributed by atoms with van der Waals surface area (Å²) in [4.78, 5) is 5.76. The van der Waals surface area contributed by atoms with Gasteiger partial charge in [-0.05, 0) is 24.4 Å². The highest BCUT2D eigenvalue weighted by Crippen LogP contribution is 2.18. The van der Waals surface area contributed by atoms with Crippen LogP contribution in [0.4, 0.5) is 0 Å². The standard InChI is InChI=1S/C16H23N3S/c1-3-14-10-19-15(20-14)11-18-9-12(2)16(17)13-7-5-4-6-8-13/h4-8,10,12,16,18H,3,9,11,17H2,1-2H3. The SMILES string of the molecule is CCc1cnc(CNCC(C)C(N)c2ccccc2)s1. The van der Waals surface area contributed by atoms with Crippen molar-refractivity contribution in [1.29, 1.82) is 0 Å². The molecule has 0 aliphatic rings. The molecule has 0 bridgehead atoms. The van der Waals surface area contributed by atoms with Crippen molar-refractivity contribution in [2.24, 2.45) is 11.7 Å². The molecule has 0 saturated heterocycles. The molecule has 3 nitrogen and oxygen atoms in total. The van der Waals surface area contributed by atoms with Gasteiger partial charge in [-0.1, -0.05) is 44.2 Å². The maximum atomic E-state index is 6.29. The second-order valence-corrected chi connectivity index (χ2v) is 6.32. The van der Waals surface area contributed by atoms with Crippen molar-refractivity contribution in [3.8, 4) is 0 Å². The lowest BCUT2D eigenvalue weighted by molar-refractivity contribution is 0.434. The number of benzene rings is 1. The third-order valence-electron chi connectivity index (χ3n) is 3.49. The van der Waals surface area contributed by atoms with E-state index in [-0.39, 0.29) is 6.04 Å². The fourth-order valence-corrected chi connectivity index (χ4v) is 2.96. The predicted molar refractivity (Wildman–Crippen MR) is 85.7 cm³/mol. The number of hydrogen-bond acceptors (Lipinski definition) is 4. The van der Waals surface area contributed by atoms with E-state index >= 15 is 0 Å². The average Bonchev–Trinajstić information content (AvgIpc) is 2.95. The fourth-order valence-electron chi connectivity index (χ4n) is 2.13. The summed E-state index contributed by atoms with van der Waals surface area (Å²) in [5, 5.41) is 4.61. The molecule has 0 fully saturated rings. The molecule has 0 amide bonds. The van der Waals surface area contributed by atoms with Crippen LogP contribution in [0.1, 0.15) is 35.3 Å².